The highest BCUT2D eigenvalue weighted by Crippen LogP contribution is 2.28. The lowest BCUT2D eigenvalue weighted by Gasteiger charge is -2.01. The molecule has 0 aliphatic heterocycles. The van der Waals surface area contributed by atoms with Crippen molar-refractivity contribution in [3.05, 3.63) is 32.6 Å². The van der Waals surface area contributed by atoms with E-state index in [0.717, 1.165) is 35.4 Å². The van der Waals surface area contributed by atoms with E-state index in [2.05, 4.69) is 10.5 Å². The van der Waals surface area contributed by atoms with Crippen LogP contribution in [0.3, 0.4) is 0 Å². The number of thiophene rings is 1. The van der Waals surface area contributed by atoms with E-state index in [1.54, 1.807) is 6.07 Å². The van der Waals surface area contributed by atoms with E-state index in [4.69, 9.17) is 16.1 Å². The van der Waals surface area contributed by atoms with Gasteiger partial charge in [-0.15, -0.1) is 11.3 Å². The van der Waals surface area contributed by atoms with Crippen molar-refractivity contribution in [3.63, 3.8) is 0 Å². The molecule has 0 radical (unpaired) electrons. The molecule has 1 N–H and O–H groups in total. The van der Waals surface area contributed by atoms with Gasteiger partial charge in [-0.1, -0.05) is 16.8 Å². The molecule has 0 bridgehead atoms. The van der Waals surface area contributed by atoms with E-state index >= 15 is 0 Å². The van der Waals surface area contributed by atoms with Crippen molar-refractivity contribution in [1.29, 1.82) is 0 Å². The summed E-state index contributed by atoms with van der Waals surface area (Å²) >= 11 is 7.23. The maximum Gasteiger partial charge on any atom is 0.234 e. The molecule has 0 spiro atoms. The highest BCUT2D eigenvalue weighted by atomic mass is 35.5. The number of halogens is 1. The average molecular weight is 283 g/mol. The molecule has 0 saturated heterocycles. The molecular weight excluding hydrogens is 272 g/mol. The van der Waals surface area contributed by atoms with Gasteiger partial charge in [-0.2, -0.15) is 0 Å². The molecule has 0 atom stereocenters. The molecule has 2 aromatic rings. The predicted octanol–water partition coefficient (Wildman–Crippen LogP) is 3.06. The van der Waals surface area contributed by atoms with Crippen LogP contribution in [0.5, 0.6) is 0 Å². The van der Waals surface area contributed by atoms with Crippen LogP contribution in [0.1, 0.15) is 22.6 Å². The zero-order valence-electron chi connectivity index (χ0n) is 9.53. The molecule has 1 aliphatic rings. The first kappa shape index (κ1) is 11.7. The summed E-state index contributed by atoms with van der Waals surface area (Å²) in [4.78, 5) is 12.8. The van der Waals surface area contributed by atoms with Crippen molar-refractivity contribution in [2.75, 3.05) is 5.32 Å². The number of aromatic nitrogens is 1. The lowest BCUT2D eigenvalue weighted by molar-refractivity contribution is -0.115. The third kappa shape index (κ3) is 2.28. The fourth-order valence-electron chi connectivity index (χ4n) is 2.10. The summed E-state index contributed by atoms with van der Waals surface area (Å²) in [6, 6.07) is 3.65. The Kier molecular flexibility index (Phi) is 3.09. The van der Waals surface area contributed by atoms with Crippen molar-refractivity contribution in [3.8, 4) is 0 Å². The largest absolute Gasteiger partial charge is 0.338 e. The van der Waals surface area contributed by atoms with Crippen LogP contribution < -0.4 is 5.32 Å². The normalized spacial score (nSPS) is 13.6. The second kappa shape index (κ2) is 4.74. The highest BCUT2D eigenvalue weighted by Gasteiger charge is 2.22. The van der Waals surface area contributed by atoms with Gasteiger partial charge in [0.15, 0.2) is 0 Å². The van der Waals surface area contributed by atoms with E-state index in [-0.39, 0.29) is 5.91 Å². The summed E-state index contributed by atoms with van der Waals surface area (Å²) in [7, 11) is 0. The van der Waals surface area contributed by atoms with E-state index in [0.29, 0.717) is 16.6 Å². The van der Waals surface area contributed by atoms with E-state index < -0.39 is 0 Å². The van der Waals surface area contributed by atoms with Gasteiger partial charge in [-0.3, -0.25) is 10.1 Å². The Morgan fingerprint density at radius 2 is 2.39 bits per heavy atom. The topological polar surface area (TPSA) is 55.1 Å². The number of carbonyl (C=O) groups is 1. The Hall–Kier alpha value is -1.33. The monoisotopic (exact) mass is 282 g/mol. The van der Waals surface area contributed by atoms with Crippen LogP contribution in [-0.4, -0.2) is 11.1 Å². The van der Waals surface area contributed by atoms with Crippen LogP contribution in [0, 0.1) is 0 Å². The van der Waals surface area contributed by atoms with Crippen LogP contribution in [0.25, 0.3) is 0 Å². The van der Waals surface area contributed by atoms with Crippen LogP contribution in [-0.2, 0) is 24.1 Å². The molecule has 18 heavy (non-hydrogen) atoms. The molecule has 0 fully saturated rings. The lowest BCUT2D eigenvalue weighted by atomic mass is 10.2. The molecule has 94 valence electrons. The van der Waals surface area contributed by atoms with Gasteiger partial charge in [0.2, 0.25) is 11.8 Å². The predicted molar refractivity (Wildman–Crippen MR) is 70.2 cm³/mol. The number of fused-ring (bicyclic) bond motifs is 1. The number of hydrogen-bond donors (Lipinski definition) is 1. The van der Waals surface area contributed by atoms with Gasteiger partial charge in [-0.05, 0) is 31.4 Å². The zero-order valence-corrected chi connectivity index (χ0v) is 11.1. The minimum Gasteiger partial charge on any atom is -0.338 e. The molecule has 1 amide bonds. The van der Waals surface area contributed by atoms with Gasteiger partial charge in [-0.25, -0.2) is 0 Å². The SMILES string of the molecule is O=C(Cc1ccc(Cl)s1)Nc1onc2c1CCC2. The summed E-state index contributed by atoms with van der Waals surface area (Å²) in [5.74, 6) is 0.412. The minimum atomic E-state index is -0.0978. The maximum atomic E-state index is 11.9. The summed E-state index contributed by atoms with van der Waals surface area (Å²) in [6.45, 7) is 0. The van der Waals surface area contributed by atoms with Crippen molar-refractivity contribution >= 4 is 34.7 Å². The molecule has 0 saturated carbocycles. The molecular formula is C12H11ClN2O2S. The minimum absolute atomic E-state index is 0.0978. The molecule has 3 rings (SSSR count). The van der Waals surface area contributed by atoms with Crippen molar-refractivity contribution in [1.82, 2.24) is 5.16 Å². The molecule has 2 aromatic heterocycles. The first-order chi connectivity index (χ1) is 8.72. The third-order valence-electron chi connectivity index (χ3n) is 2.93. The fourth-order valence-corrected chi connectivity index (χ4v) is 3.19. The van der Waals surface area contributed by atoms with Gasteiger partial charge in [0, 0.05) is 10.4 Å². The van der Waals surface area contributed by atoms with E-state index in [9.17, 15) is 4.79 Å². The average Bonchev–Trinajstić information content (AvgIpc) is 2.98. The first-order valence-electron chi connectivity index (χ1n) is 5.74. The molecule has 6 heteroatoms. The van der Waals surface area contributed by atoms with Crippen LogP contribution in [0.15, 0.2) is 16.7 Å². The smallest absolute Gasteiger partial charge is 0.234 e. The molecule has 0 unspecified atom stereocenters. The second-order valence-corrected chi connectivity index (χ2v) is 6.02. The standard InChI is InChI=1S/C12H11ClN2O2S/c13-10-5-4-7(18-10)6-11(16)14-12-8-2-1-3-9(8)15-17-12/h4-5H,1-3,6H2,(H,14,16). The second-order valence-electron chi connectivity index (χ2n) is 4.22. The van der Waals surface area contributed by atoms with Gasteiger partial charge in [0.25, 0.3) is 0 Å². The number of nitrogens with one attached hydrogen (secondary N) is 1. The summed E-state index contributed by atoms with van der Waals surface area (Å²) in [6.07, 6.45) is 3.26. The Balaban J connectivity index is 1.67. The van der Waals surface area contributed by atoms with Crippen LogP contribution >= 0.6 is 22.9 Å². The summed E-state index contributed by atoms with van der Waals surface area (Å²) in [5, 5.41) is 6.73. The van der Waals surface area contributed by atoms with Crippen LogP contribution in [0.4, 0.5) is 5.88 Å². The summed E-state index contributed by atoms with van der Waals surface area (Å²) < 4.78 is 5.84. The van der Waals surface area contributed by atoms with Gasteiger partial charge in [0.1, 0.15) is 0 Å². The van der Waals surface area contributed by atoms with Gasteiger partial charge >= 0.3 is 0 Å². The number of rotatable bonds is 3. The van der Waals surface area contributed by atoms with Crippen molar-refractivity contribution < 1.29 is 9.32 Å². The number of anilines is 1. The highest BCUT2D eigenvalue weighted by molar-refractivity contribution is 7.16. The molecule has 1 aliphatic carbocycles. The Labute approximate surface area is 113 Å². The van der Waals surface area contributed by atoms with Gasteiger partial charge in [0.05, 0.1) is 16.5 Å². The van der Waals surface area contributed by atoms with Gasteiger partial charge < -0.3 is 4.52 Å². The van der Waals surface area contributed by atoms with Crippen molar-refractivity contribution in [2.24, 2.45) is 0 Å². The van der Waals surface area contributed by atoms with Crippen molar-refractivity contribution in [2.45, 2.75) is 25.7 Å². The third-order valence-corrected chi connectivity index (χ3v) is 4.16. The maximum absolute atomic E-state index is 11.9. The lowest BCUT2D eigenvalue weighted by Crippen LogP contribution is -2.14. The number of aryl methyl sites for hydroxylation is 1. The number of amides is 1. The Morgan fingerprint density at radius 3 is 3.17 bits per heavy atom. The van der Waals surface area contributed by atoms with E-state index in [1.165, 1.54) is 11.3 Å². The number of hydrogen-bond acceptors (Lipinski definition) is 4. The Morgan fingerprint density at radius 1 is 1.50 bits per heavy atom. The molecule has 4 nitrogen and oxygen atoms in total. The molecule has 2 heterocycles. The first-order valence-corrected chi connectivity index (χ1v) is 6.93. The summed E-state index contributed by atoms with van der Waals surface area (Å²) in [5.41, 5.74) is 2.03. The zero-order chi connectivity index (χ0) is 12.5. The Bertz CT molecular complexity index is 591. The number of carbonyl (C=O) groups excluding carboxylic acids is 1. The fraction of sp³-hybridized carbons (Fsp3) is 0.333. The number of nitrogens with zero attached hydrogens (tertiary/aromatic N) is 1. The quantitative estimate of drug-likeness (QED) is 0.941. The van der Waals surface area contributed by atoms with E-state index in [1.807, 2.05) is 6.07 Å². The van der Waals surface area contributed by atoms with Crippen LogP contribution in [0.2, 0.25) is 4.34 Å². The molecule has 0 aromatic carbocycles.